The van der Waals surface area contributed by atoms with Crippen LogP contribution in [0.3, 0.4) is 0 Å². The van der Waals surface area contributed by atoms with E-state index in [9.17, 15) is 4.57 Å². The Morgan fingerprint density at radius 2 is 1.78 bits per heavy atom. The van der Waals surface area contributed by atoms with E-state index in [4.69, 9.17) is 0 Å². The highest BCUT2D eigenvalue weighted by Gasteiger charge is 1.85. The van der Waals surface area contributed by atoms with Crippen LogP contribution in [0.25, 0.3) is 0 Å². The van der Waals surface area contributed by atoms with Crippen LogP contribution in [0.15, 0.2) is 0 Å². The summed E-state index contributed by atoms with van der Waals surface area (Å²) in [4.78, 5) is 0. The fourth-order valence-electron chi connectivity index (χ4n) is 0.726. The Balaban J connectivity index is 2.66. The van der Waals surface area contributed by atoms with Gasteiger partial charge in [0.15, 0.2) is 0 Å². The molecule has 0 spiro atoms. The minimum atomic E-state index is -0.480. The normalized spacial score (nSPS) is 11.2. The van der Waals surface area contributed by atoms with E-state index in [2.05, 4.69) is 9.24 Å². The van der Waals surface area contributed by atoms with Crippen LogP contribution in [-0.2, 0) is 4.57 Å². The monoisotopic (exact) mass is 166 g/mol. The molecule has 0 heterocycles. The Labute approximate surface area is 61.0 Å². The van der Waals surface area contributed by atoms with Crippen LogP contribution < -0.4 is 0 Å². The van der Waals surface area contributed by atoms with E-state index in [0.717, 1.165) is 6.16 Å². The summed E-state index contributed by atoms with van der Waals surface area (Å²) in [5, 5.41) is 0. The molecule has 0 bridgehead atoms. The first-order chi connectivity index (χ1) is 4.41. The molecular formula is C6H16OP2. The Hall–Kier alpha value is 0.660. The third kappa shape index (κ3) is 8.66. The van der Waals surface area contributed by atoms with Crippen LogP contribution in [0, 0.1) is 0 Å². The van der Waals surface area contributed by atoms with Crippen molar-refractivity contribution < 1.29 is 4.57 Å². The van der Waals surface area contributed by atoms with Gasteiger partial charge >= 0.3 is 0 Å². The summed E-state index contributed by atoms with van der Waals surface area (Å²) in [6.07, 6.45) is 7.22. The zero-order chi connectivity index (χ0) is 6.95. The second-order valence-corrected chi connectivity index (χ2v) is 3.65. The number of rotatable bonds is 6. The van der Waals surface area contributed by atoms with Gasteiger partial charge in [0.25, 0.3) is 0 Å². The van der Waals surface area contributed by atoms with Crippen molar-refractivity contribution in [2.24, 2.45) is 0 Å². The van der Waals surface area contributed by atoms with Crippen molar-refractivity contribution in [1.29, 1.82) is 0 Å². The van der Waals surface area contributed by atoms with Gasteiger partial charge in [-0.3, -0.25) is 0 Å². The fourth-order valence-corrected chi connectivity index (χ4v) is 1.47. The largest absolute Gasteiger partial charge is 0.330 e. The average Bonchev–Trinajstić information content (AvgIpc) is 1.89. The van der Waals surface area contributed by atoms with Crippen molar-refractivity contribution in [1.82, 2.24) is 0 Å². The molecule has 2 unspecified atom stereocenters. The maximum absolute atomic E-state index is 10.0. The van der Waals surface area contributed by atoms with Crippen molar-refractivity contribution >= 4 is 17.7 Å². The quantitative estimate of drug-likeness (QED) is 0.436. The Morgan fingerprint density at radius 1 is 1.11 bits per heavy atom. The van der Waals surface area contributed by atoms with E-state index in [1.54, 1.807) is 0 Å². The summed E-state index contributed by atoms with van der Waals surface area (Å²) in [7, 11) is 2.24. The van der Waals surface area contributed by atoms with Crippen LogP contribution in [0.1, 0.15) is 25.7 Å². The lowest BCUT2D eigenvalue weighted by atomic mass is 10.2. The third-order valence-corrected chi connectivity index (χ3v) is 2.33. The summed E-state index contributed by atoms with van der Waals surface area (Å²) in [5.41, 5.74) is 0. The van der Waals surface area contributed by atoms with Gasteiger partial charge in [-0.25, -0.2) is 0 Å². The first-order valence-electron chi connectivity index (χ1n) is 3.55. The molecule has 0 aliphatic rings. The second-order valence-electron chi connectivity index (χ2n) is 2.16. The van der Waals surface area contributed by atoms with E-state index >= 15 is 0 Å². The molecule has 0 saturated heterocycles. The molecule has 2 atom stereocenters. The van der Waals surface area contributed by atoms with Crippen molar-refractivity contribution in [3.05, 3.63) is 0 Å². The van der Waals surface area contributed by atoms with E-state index < -0.39 is 8.46 Å². The van der Waals surface area contributed by atoms with E-state index in [1.165, 1.54) is 31.8 Å². The predicted molar refractivity (Wildman–Crippen MR) is 48.3 cm³/mol. The lowest BCUT2D eigenvalue weighted by molar-refractivity contribution is 0.595. The Kier molecular flexibility index (Phi) is 9.30. The minimum Gasteiger partial charge on any atom is -0.330 e. The molecule has 0 aromatic heterocycles. The van der Waals surface area contributed by atoms with E-state index in [-0.39, 0.29) is 0 Å². The van der Waals surface area contributed by atoms with Crippen molar-refractivity contribution in [3.8, 4) is 0 Å². The van der Waals surface area contributed by atoms with Gasteiger partial charge < -0.3 is 4.57 Å². The standard InChI is InChI=1S/C6H16OP2/c7-9-6-4-2-1-3-5-8/h1-6,8-9H2. The molecule has 0 rings (SSSR count). The van der Waals surface area contributed by atoms with Crippen molar-refractivity contribution in [2.75, 3.05) is 12.3 Å². The lowest BCUT2D eigenvalue weighted by Crippen LogP contribution is -1.78. The molecule has 0 aliphatic carbocycles. The highest BCUT2D eigenvalue weighted by Crippen LogP contribution is 2.05. The van der Waals surface area contributed by atoms with Crippen LogP contribution in [0.5, 0.6) is 0 Å². The molecule has 9 heavy (non-hydrogen) atoms. The Morgan fingerprint density at radius 3 is 2.33 bits per heavy atom. The molecule has 56 valence electrons. The van der Waals surface area contributed by atoms with Crippen LogP contribution >= 0.6 is 17.7 Å². The average molecular weight is 166 g/mol. The smallest absolute Gasteiger partial charge is 0.0645 e. The second kappa shape index (κ2) is 8.66. The van der Waals surface area contributed by atoms with Crippen LogP contribution in [0.2, 0.25) is 0 Å². The first kappa shape index (κ1) is 9.66. The predicted octanol–water partition coefficient (Wildman–Crippen LogP) is 2.18. The van der Waals surface area contributed by atoms with Gasteiger partial charge in [-0.15, -0.1) is 9.24 Å². The summed E-state index contributed by atoms with van der Waals surface area (Å²) >= 11 is 0. The van der Waals surface area contributed by atoms with Gasteiger partial charge in [-0.05, 0) is 25.2 Å². The van der Waals surface area contributed by atoms with Crippen molar-refractivity contribution in [2.45, 2.75) is 25.7 Å². The summed E-state index contributed by atoms with van der Waals surface area (Å²) < 4.78 is 10.0. The first-order valence-corrected chi connectivity index (χ1v) is 5.66. The minimum absolute atomic E-state index is 0.480. The van der Waals surface area contributed by atoms with Gasteiger partial charge in [0.1, 0.15) is 0 Å². The molecule has 0 aromatic carbocycles. The summed E-state index contributed by atoms with van der Waals surface area (Å²) in [6.45, 7) is 0. The summed E-state index contributed by atoms with van der Waals surface area (Å²) in [6, 6.07) is 0. The number of hydrogen-bond acceptors (Lipinski definition) is 1. The summed E-state index contributed by atoms with van der Waals surface area (Å²) in [5.74, 6) is 0. The maximum atomic E-state index is 10.0. The molecule has 0 radical (unpaired) electrons. The fraction of sp³-hybridized carbons (Fsp3) is 1.00. The molecule has 0 fully saturated rings. The molecule has 0 N–H and O–H groups in total. The molecule has 3 heteroatoms. The molecule has 0 amide bonds. The molecule has 0 saturated carbocycles. The van der Waals surface area contributed by atoms with Crippen LogP contribution in [-0.4, -0.2) is 12.3 Å². The topological polar surface area (TPSA) is 17.1 Å². The van der Waals surface area contributed by atoms with Crippen molar-refractivity contribution in [3.63, 3.8) is 0 Å². The zero-order valence-corrected chi connectivity index (χ0v) is 8.11. The van der Waals surface area contributed by atoms with E-state index in [0.29, 0.717) is 0 Å². The highest BCUT2D eigenvalue weighted by atomic mass is 31.1. The third-order valence-electron chi connectivity index (χ3n) is 1.28. The number of unbranched alkanes of at least 4 members (excludes halogenated alkanes) is 3. The van der Waals surface area contributed by atoms with Crippen LogP contribution in [0.4, 0.5) is 0 Å². The molecular weight excluding hydrogens is 150 g/mol. The van der Waals surface area contributed by atoms with Gasteiger partial charge in [-0.1, -0.05) is 12.8 Å². The SMILES string of the molecule is O=[PH2]CCCCCCP. The highest BCUT2D eigenvalue weighted by molar-refractivity contribution is 7.23. The molecule has 0 aromatic rings. The Bertz CT molecular complexity index is 66.1. The maximum Gasteiger partial charge on any atom is 0.0645 e. The van der Waals surface area contributed by atoms with Gasteiger partial charge in [0.05, 0.1) is 8.46 Å². The van der Waals surface area contributed by atoms with Gasteiger partial charge in [0, 0.05) is 0 Å². The number of hydrogen-bond donors (Lipinski definition) is 0. The van der Waals surface area contributed by atoms with E-state index in [1.807, 2.05) is 0 Å². The molecule has 0 aliphatic heterocycles. The van der Waals surface area contributed by atoms with Gasteiger partial charge in [-0.2, -0.15) is 0 Å². The lowest BCUT2D eigenvalue weighted by Gasteiger charge is -1.93. The van der Waals surface area contributed by atoms with Gasteiger partial charge in [0.2, 0.25) is 0 Å². The molecule has 1 nitrogen and oxygen atoms in total. The zero-order valence-electron chi connectivity index (χ0n) is 5.81.